The summed E-state index contributed by atoms with van der Waals surface area (Å²) in [6.07, 6.45) is 21.3. The minimum Gasteiger partial charge on any atom is -0.463 e. The summed E-state index contributed by atoms with van der Waals surface area (Å²) in [7, 11) is 0. The van der Waals surface area contributed by atoms with E-state index in [0.29, 0.717) is 6.42 Å². The first-order valence-corrected chi connectivity index (χ1v) is 11.7. The average molecular weight is 401 g/mol. The highest BCUT2D eigenvalue weighted by Crippen LogP contribution is 2.10. The molecule has 0 aliphatic carbocycles. The predicted octanol–water partition coefficient (Wildman–Crippen LogP) is 6.34. The monoisotopic (exact) mass is 400 g/mol. The lowest BCUT2D eigenvalue weighted by molar-refractivity contribution is -0.147. The molecule has 0 saturated heterocycles. The standard InChI is InChI=1S/C21H40O4.C3H8/c1-2-3-4-5-6-7-8-9-10-11-12-13-14-15-16-17-21(24)25-19-20(23)18-22;1-3-2/h9-10,20,22-23H,2-8,11-19H2,1H3;3H2,1-2H3. The van der Waals surface area contributed by atoms with Crippen LogP contribution in [0.3, 0.4) is 0 Å². The Kier molecular flexibility index (Phi) is 27.4. The number of carbonyl (C=O) groups is 1. The van der Waals surface area contributed by atoms with Crippen molar-refractivity contribution in [2.24, 2.45) is 0 Å². The predicted molar refractivity (Wildman–Crippen MR) is 119 cm³/mol. The summed E-state index contributed by atoms with van der Waals surface area (Å²) in [5.41, 5.74) is 0. The lowest BCUT2D eigenvalue weighted by Gasteiger charge is -2.08. The van der Waals surface area contributed by atoms with Crippen molar-refractivity contribution in [3.63, 3.8) is 0 Å². The van der Waals surface area contributed by atoms with Crippen molar-refractivity contribution in [2.75, 3.05) is 13.2 Å². The summed E-state index contributed by atoms with van der Waals surface area (Å²) in [4.78, 5) is 11.4. The Labute approximate surface area is 174 Å². The van der Waals surface area contributed by atoms with Gasteiger partial charge in [-0.05, 0) is 32.1 Å². The third-order valence-corrected chi connectivity index (χ3v) is 4.29. The van der Waals surface area contributed by atoms with Gasteiger partial charge >= 0.3 is 5.97 Å². The quantitative estimate of drug-likeness (QED) is 0.160. The van der Waals surface area contributed by atoms with E-state index in [-0.39, 0.29) is 19.2 Å². The molecule has 168 valence electrons. The molecule has 28 heavy (non-hydrogen) atoms. The molecule has 0 fully saturated rings. The van der Waals surface area contributed by atoms with Crippen LogP contribution in [0.15, 0.2) is 12.2 Å². The summed E-state index contributed by atoms with van der Waals surface area (Å²) >= 11 is 0. The van der Waals surface area contributed by atoms with Crippen molar-refractivity contribution in [3.05, 3.63) is 12.2 Å². The van der Waals surface area contributed by atoms with Gasteiger partial charge in [0.05, 0.1) is 6.61 Å². The Bertz CT molecular complexity index is 329. The van der Waals surface area contributed by atoms with Gasteiger partial charge in [-0.3, -0.25) is 4.79 Å². The Morgan fingerprint density at radius 1 is 0.821 bits per heavy atom. The molecular weight excluding hydrogens is 352 g/mol. The molecule has 0 saturated carbocycles. The van der Waals surface area contributed by atoms with E-state index in [4.69, 9.17) is 14.9 Å². The third kappa shape index (κ3) is 27.3. The maximum Gasteiger partial charge on any atom is 0.305 e. The van der Waals surface area contributed by atoms with Crippen LogP contribution in [0.5, 0.6) is 0 Å². The molecule has 0 spiro atoms. The lowest BCUT2D eigenvalue weighted by atomic mass is 10.1. The highest BCUT2D eigenvalue weighted by Gasteiger charge is 2.07. The van der Waals surface area contributed by atoms with Crippen LogP contribution < -0.4 is 0 Å². The minimum absolute atomic E-state index is 0.111. The zero-order valence-electron chi connectivity index (χ0n) is 19.0. The van der Waals surface area contributed by atoms with Gasteiger partial charge in [-0.1, -0.05) is 90.7 Å². The SMILES string of the molecule is CCC.CCCCCCCCC=CCCCCCCCC(=O)OCC(O)CO. The number of hydrogen-bond acceptors (Lipinski definition) is 4. The van der Waals surface area contributed by atoms with E-state index < -0.39 is 6.10 Å². The van der Waals surface area contributed by atoms with Crippen LogP contribution in [0, 0.1) is 0 Å². The fraction of sp³-hybridized carbons (Fsp3) is 0.875. The van der Waals surface area contributed by atoms with Crippen LogP contribution in [0.1, 0.15) is 117 Å². The van der Waals surface area contributed by atoms with E-state index in [1.54, 1.807) is 0 Å². The summed E-state index contributed by atoms with van der Waals surface area (Å²) in [6, 6.07) is 0. The van der Waals surface area contributed by atoms with Crippen LogP contribution in [-0.4, -0.2) is 35.5 Å². The van der Waals surface area contributed by atoms with Crippen LogP contribution in [-0.2, 0) is 9.53 Å². The molecule has 0 aromatic heterocycles. The number of esters is 1. The Hall–Kier alpha value is -0.870. The maximum atomic E-state index is 11.4. The molecular formula is C24H48O4. The van der Waals surface area contributed by atoms with Gasteiger partial charge in [-0.2, -0.15) is 0 Å². The largest absolute Gasteiger partial charge is 0.463 e. The summed E-state index contributed by atoms with van der Waals surface area (Å²) in [6.45, 7) is 6.02. The fourth-order valence-electron chi connectivity index (χ4n) is 2.65. The third-order valence-electron chi connectivity index (χ3n) is 4.29. The van der Waals surface area contributed by atoms with Crippen molar-refractivity contribution in [3.8, 4) is 0 Å². The van der Waals surface area contributed by atoms with E-state index in [1.807, 2.05) is 0 Å². The van der Waals surface area contributed by atoms with E-state index in [9.17, 15) is 4.79 Å². The van der Waals surface area contributed by atoms with Gasteiger partial charge in [-0.15, -0.1) is 0 Å². The van der Waals surface area contributed by atoms with Crippen molar-refractivity contribution >= 4 is 5.97 Å². The van der Waals surface area contributed by atoms with Gasteiger partial charge in [0.1, 0.15) is 12.7 Å². The molecule has 0 amide bonds. The molecule has 0 aromatic carbocycles. The van der Waals surface area contributed by atoms with Crippen molar-refractivity contribution in [1.82, 2.24) is 0 Å². The number of hydrogen-bond donors (Lipinski definition) is 2. The molecule has 4 nitrogen and oxygen atoms in total. The Balaban J connectivity index is 0. The second-order valence-electron chi connectivity index (χ2n) is 7.56. The molecule has 2 N–H and O–H groups in total. The first-order valence-electron chi connectivity index (χ1n) is 11.7. The zero-order chi connectivity index (χ0) is 21.3. The smallest absolute Gasteiger partial charge is 0.305 e. The van der Waals surface area contributed by atoms with E-state index in [1.165, 1.54) is 64.2 Å². The summed E-state index contributed by atoms with van der Waals surface area (Å²) < 4.78 is 4.86. The number of aliphatic hydroxyl groups excluding tert-OH is 2. The van der Waals surface area contributed by atoms with Crippen molar-refractivity contribution in [1.29, 1.82) is 0 Å². The summed E-state index contributed by atoms with van der Waals surface area (Å²) in [5, 5.41) is 17.7. The molecule has 0 bridgehead atoms. The van der Waals surface area contributed by atoms with Crippen molar-refractivity contribution in [2.45, 2.75) is 123 Å². The number of aliphatic hydroxyl groups is 2. The molecule has 0 aliphatic heterocycles. The Morgan fingerprint density at radius 2 is 1.29 bits per heavy atom. The van der Waals surface area contributed by atoms with Crippen LogP contribution >= 0.6 is 0 Å². The fourth-order valence-corrected chi connectivity index (χ4v) is 2.65. The first-order chi connectivity index (χ1) is 13.6. The lowest BCUT2D eigenvalue weighted by Crippen LogP contribution is -2.21. The molecule has 1 unspecified atom stereocenters. The van der Waals surface area contributed by atoms with Gasteiger partial charge < -0.3 is 14.9 Å². The van der Waals surface area contributed by atoms with Gasteiger partial charge in [0.2, 0.25) is 0 Å². The van der Waals surface area contributed by atoms with Gasteiger partial charge in [-0.25, -0.2) is 0 Å². The molecule has 4 heteroatoms. The second-order valence-corrected chi connectivity index (χ2v) is 7.56. The van der Waals surface area contributed by atoms with Crippen LogP contribution in [0.25, 0.3) is 0 Å². The topological polar surface area (TPSA) is 66.8 Å². The summed E-state index contributed by atoms with van der Waals surface area (Å²) in [5.74, 6) is -0.287. The normalized spacial score (nSPS) is 11.9. The molecule has 0 heterocycles. The maximum absolute atomic E-state index is 11.4. The van der Waals surface area contributed by atoms with Crippen LogP contribution in [0.4, 0.5) is 0 Å². The molecule has 0 aromatic rings. The highest BCUT2D eigenvalue weighted by molar-refractivity contribution is 5.69. The number of rotatable bonds is 18. The minimum atomic E-state index is -0.960. The van der Waals surface area contributed by atoms with Gasteiger partial charge in [0.15, 0.2) is 0 Å². The number of ether oxygens (including phenoxy) is 1. The molecule has 0 aliphatic rings. The first kappa shape index (κ1) is 29.3. The van der Waals surface area contributed by atoms with E-state index in [0.717, 1.165) is 25.7 Å². The van der Waals surface area contributed by atoms with Crippen LogP contribution in [0.2, 0.25) is 0 Å². The number of allylic oxidation sites excluding steroid dienone is 2. The van der Waals surface area contributed by atoms with Gasteiger partial charge in [0.25, 0.3) is 0 Å². The average Bonchev–Trinajstić information content (AvgIpc) is 2.69. The number of unbranched alkanes of at least 4 members (excludes halogenated alkanes) is 11. The van der Waals surface area contributed by atoms with E-state index >= 15 is 0 Å². The molecule has 1 atom stereocenters. The Morgan fingerprint density at radius 3 is 1.79 bits per heavy atom. The molecule has 0 radical (unpaired) electrons. The van der Waals surface area contributed by atoms with E-state index in [2.05, 4.69) is 32.9 Å². The van der Waals surface area contributed by atoms with Gasteiger partial charge in [0, 0.05) is 6.42 Å². The zero-order valence-corrected chi connectivity index (χ0v) is 19.0. The second kappa shape index (κ2) is 26.1. The number of carbonyl (C=O) groups excluding carboxylic acids is 1. The molecule has 0 rings (SSSR count). The van der Waals surface area contributed by atoms with Crippen molar-refractivity contribution < 1.29 is 19.7 Å². The highest BCUT2D eigenvalue weighted by atomic mass is 16.5.